The van der Waals surface area contributed by atoms with Crippen LogP contribution in [0.2, 0.25) is 0 Å². The Hall–Kier alpha value is -1.50. The van der Waals surface area contributed by atoms with E-state index in [-0.39, 0.29) is 0 Å². The van der Waals surface area contributed by atoms with Gasteiger partial charge in [-0.3, -0.25) is 0 Å². The second-order valence-electron chi connectivity index (χ2n) is 6.45. The Kier molecular flexibility index (Phi) is 5.01. The summed E-state index contributed by atoms with van der Waals surface area (Å²) in [6.45, 7) is 5.87. The molecule has 2 aromatic heterocycles. The zero-order chi connectivity index (χ0) is 17.2. The molecule has 0 aliphatic carbocycles. The fraction of sp³-hybridized carbons (Fsp3) is 0.474. The van der Waals surface area contributed by atoms with E-state index in [0.717, 1.165) is 65.0 Å². The van der Waals surface area contributed by atoms with E-state index in [1.165, 1.54) is 0 Å². The number of aromatic nitrogens is 3. The van der Waals surface area contributed by atoms with Crippen LogP contribution in [0.3, 0.4) is 0 Å². The number of fused-ring (bicyclic) bond motifs is 3. The summed E-state index contributed by atoms with van der Waals surface area (Å²) in [5, 5.41) is 1.14. The van der Waals surface area contributed by atoms with Gasteiger partial charge in [0, 0.05) is 31.8 Å². The lowest BCUT2D eigenvalue weighted by Gasteiger charge is -2.23. The Morgan fingerprint density at radius 2 is 2.04 bits per heavy atom. The van der Waals surface area contributed by atoms with Crippen LogP contribution in [0.4, 0.5) is 0 Å². The summed E-state index contributed by atoms with van der Waals surface area (Å²) in [6, 6.07) is 8.26. The highest BCUT2D eigenvalue weighted by Gasteiger charge is 2.21. The number of rotatable bonds is 5. The van der Waals surface area contributed by atoms with E-state index in [1.807, 2.05) is 19.1 Å². The van der Waals surface area contributed by atoms with Crippen molar-refractivity contribution in [2.24, 2.45) is 5.92 Å². The molecule has 1 saturated heterocycles. The molecule has 0 spiro atoms. The third-order valence-electron chi connectivity index (χ3n) is 4.84. The Bertz CT molecular complexity index is 887. The maximum atomic E-state index is 5.69. The van der Waals surface area contributed by atoms with Crippen LogP contribution in [0, 0.1) is 5.92 Å². The molecular formula is C19H22BrN3O2. The van der Waals surface area contributed by atoms with Crippen molar-refractivity contribution < 1.29 is 9.47 Å². The van der Waals surface area contributed by atoms with Gasteiger partial charge in [-0.2, -0.15) is 0 Å². The minimum absolute atomic E-state index is 0.523. The van der Waals surface area contributed by atoms with Gasteiger partial charge in [0.05, 0.1) is 11.0 Å². The summed E-state index contributed by atoms with van der Waals surface area (Å²) in [6.07, 6.45) is 2.19. The lowest BCUT2D eigenvalue weighted by molar-refractivity contribution is 0.0603. The molecule has 5 nitrogen and oxygen atoms in total. The standard InChI is InChI=1S/C19H22BrN3O2/c1-2-24-12-16-22-17-18(23(16)11-13-7-9-25-10-8-13)14-5-3-4-6-15(14)21-19(17)20/h3-6,13H,2,7-12H2,1H3. The summed E-state index contributed by atoms with van der Waals surface area (Å²) < 4.78 is 14.3. The first kappa shape index (κ1) is 16.9. The van der Waals surface area contributed by atoms with E-state index in [1.54, 1.807) is 0 Å². The molecule has 6 heteroatoms. The summed E-state index contributed by atoms with van der Waals surface area (Å²) in [4.78, 5) is 9.53. The number of imidazole rings is 1. The monoisotopic (exact) mass is 403 g/mol. The van der Waals surface area contributed by atoms with Crippen molar-refractivity contribution >= 4 is 37.9 Å². The Morgan fingerprint density at radius 1 is 1.24 bits per heavy atom. The molecule has 0 radical (unpaired) electrons. The first-order valence-electron chi connectivity index (χ1n) is 8.86. The molecule has 1 aromatic carbocycles. The van der Waals surface area contributed by atoms with Crippen molar-refractivity contribution in [2.75, 3.05) is 19.8 Å². The van der Waals surface area contributed by atoms with Crippen molar-refractivity contribution in [2.45, 2.75) is 32.9 Å². The quantitative estimate of drug-likeness (QED) is 0.595. The van der Waals surface area contributed by atoms with Gasteiger partial charge in [0.2, 0.25) is 0 Å². The normalized spacial score (nSPS) is 16.1. The second-order valence-corrected chi connectivity index (χ2v) is 7.20. The van der Waals surface area contributed by atoms with E-state index < -0.39 is 0 Å². The van der Waals surface area contributed by atoms with Crippen molar-refractivity contribution in [1.82, 2.24) is 14.5 Å². The predicted molar refractivity (Wildman–Crippen MR) is 102 cm³/mol. The Morgan fingerprint density at radius 3 is 2.84 bits per heavy atom. The van der Waals surface area contributed by atoms with Crippen LogP contribution >= 0.6 is 15.9 Å². The van der Waals surface area contributed by atoms with E-state index in [0.29, 0.717) is 19.1 Å². The number of ether oxygens (including phenoxy) is 2. The van der Waals surface area contributed by atoms with E-state index >= 15 is 0 Å². The fourth-order valence-corrected chi connectivity index (χ4v) is 4.00. The Labute approximate surface area is 155 Å². The molecule has 3 aromatic rings. The maximum absolute atomic E-state index is 5.69. The van der Waals surface area contributed by atoms with Gasteiger partial charge in [0.15, 0.2) is 0 Å². The van der Waals surface area contributed by atoms with Gasteiger partial charge in [-0.15, -0.1) is 0 Å². The van der Waals surface area contributed by atoms with Crippen LogP contribution in [-0.2, 0) is 22.6 Å². The highest BCUT2D eigenvalue weighted by atomic mass is 79.9. The van der Waals surface area contributed by atoms with E-state index in [9.17, 15) is 0 Å². The van der Waals surface area contributed by atoms with Gasteiger partial charge in [0.1, 0.15) is 22.6 Å². The summed E-state index contributed by atoms with van der Waals surface area (Å²) in [5.74, 6) is 1.58. The van der Waals surface area contributed by atoms with E-state index in [2.05, 4.69) is 37.6 Å². The maximum Gasteiger partial charge on any atom is 0.136 e. The molecule has 0 atom stereocenters. The lowest BCUT2D eigenvalue weighted by atomic mass is 10.00. The van der Waals surface area contributed by atoms with Gasteiger partial charge >= 0.3 is 0 Å². The van der Waals surface area contributed by atoms with Crippen molar-refractivity contribution in [1.29, 1.82) is 0 Å². The molecule has 0 N–H and O–H groups in total. The third kappa shape index (κ3) is 3.30. The van der Waals surface area contributed by atoms with Crippen LogP contribution in [0.25, 0.3) is 21.9 Å². The Balaban J connectivity index is 1.88. The van der Waals surface area contributed by atoms with Crippen molar-refractivity contribution in [3.05, 3.63) is 34.7 Å². The summed E-state index contributed by atoms with van der Waals surface area (Å²) in [7, 11) is 0. The van der Waals surface area contributed by atoms with Gasteiger partial charge in [-0.25, -0.2) is 9.97 Å². The first-order valence-corrected chi connectivity index (χ1v) is 9.66. The SMILES string of the molecule is CCOCc1nc2c(Br)nc3ccccc3c2n1CC1CCOCC1. The van der Waals surface area contributed by atoms with Gasteiger partial charge in [-0.1, -0.05) is 18.2 Å². The minimum atomic E-state index is 0.523. The second kappa shape index (κ2) is 7.40. The molecular weight excluding hydrogens is 382 g/mol. The highest BCUT2D eigenvalue weighted by molar-refractivity contribution is 9.10. The molecule has 0 unspecified atom stereocenters. The smallest absolute Gasteiger partial charge is 0.136 e. The molecule has 1 fully saturated rings. The number of benzene rings is 1. The van der Waals surface area contributed by atoms with Gasteiger partial charge in [0.25, 0.3) is 0 Å². The molecule has 0 bridgehead atoms. The molecule has 0 saturated carbocycles. The van der Waals surface area contributed by atoms with E-state index in [4.69, 9.17) is 14.5 Å². The van der Waals surface area contributed by atoms with Crippen LogP contribution in [0.15, 0.2) is 28.9 Å². The summed E-state index contributed by atoms with van der Waals surface area (Å²) in [5.41, 5.74) is 3.05. The van der Waals surface area contributed by atoms with Crippen LogP contribution in [0.5, 0.6) is 0 Å². The van der Waals surface area contributed by atoms with Gasteiger partial charge in [-0.05, 0) is 47.7 Å². The average Bonchev–Trinajstić information content (AvgIpc) is 3.00. The molecule has 132 valence electrons. The molecule has 1 aliphatic rings. The average molecular weight is 404 g/mol. The molecule has 1 aliphatic heterocycles. The van der Waals surface area contributed by atoms with Crippen LogP contribution in [0.1, 0.15) is 25.6 Å². The number of hydrogen-bond acceptors (Lipinski definition) is 4. The number of para-hydroxylation sites is 1. The van der Waals surface area contributed by atoms with Crippen LogP contribution in [-0.4, -0.2) is 34.4 Å². The predicted octanol–water partition coefficient (Wildman–Crippen LogP) is 4.31. The number of hydrogen-bond donors (Lipinski definition) is 0. The highest BCUT2D eigenvalue weighted by Crippen LogP contribution is 2.32. The number of nitrogens with zero attached hydrogens (tertiary/aromatic N) is 3. The van der Waals surface area contributed by atoms with Crippen molar-refractivity contribution in [3.8, 4) is 0 Å². The topological polar surface area (TPSA) is 49.2 Å². The minimum Gasteiger partial charge on any atom is -0.381 e. The third-order valence-corrected chi connectivity index (χ3v) is 5.39. The molecule has 4 rings (SSSR count). The summed E-state index contributed by atoms with van der Waals surface area (Å²) >= 11 is 3.61. The molecule has 25 heavy (non-hydrogen) atoms. The van der Waals surface area contributed by atoms with Crippen LogP contribution < -0.4 is 0 Å². The number of pyridine rings is 1. The van der Waals surface area contributed by atoms with Crippen molar-refractivity contribution in [3.63, 3.8) is 0 Å². The fourth-order valence-electron chi connectivity index (χ4n) is 3.53. The lowest BCUT2D eigenvalue weighted by Crippen LogP contribution is -2.21. The van der Waals surface area contributed by atoms with Gasteiger partial charge < -0.3 is 14.0 Å². The zero-order valence-electron chi connectivity index (χ0n) is 14.4. The first-order chi connectivity index (χ1) is 12.3. The number of halogens is 1. The largest absolute Gasteiger partial charge is 0.381 e. The molecule has 3 heterocycles. The molecule has 0 amide bonds. The zero-order valence-corrected chi connectivity index (χ0v) is 16.0.